The maximum Gasteiger partial charge on any atom is 0.271 e. The van der Waals surface area contributed by atoms with Gasteiger partial charge in [-0.1, -0.05) is 17.7 Å². The molecule has 0 bridgehead atoms. The lowest BCUT2D eigenvalue weighted by Crippen LogP contribution is -2.17. The summed E-state index contributed by atoms with van der Waals surface area (Å²) >= 11 is 5.98. The Morgan fingerprint density at radius 1 is 1.15 bits per heavy atom. The third-order valence-electron chi connectivity index (χ3n) is 3.57. The first-order valence-electron chi connectivity index (χ1n) is 7.55. The Morgan fingerprint density at radius 3 is 2.65 bits per heavy atom. The quantitative estimate of drug-likeness (QED) is 0.422. The highest BCUT2D eigenvalue weighted by molar-refractivity contribution is 6.33. The largest absolute Gasteiger partial charge is 0.324 e. The lowest BCUT2D eigenvalue weighted by atomic mass is 10.2. The van der Waals surface area contributed by atoms with Crippen molar-refractivity contribution in [2.24, 2.45) is 5.10 Å². The molecule has 0 aliphatic heterocycles. The molecule has 1 N–H and O–H groups in total. The van der Waals surface area contributed by atoms with Gasteiger partial charge in [0.05, 0.1) is 11.1 Å². The van der Waals surface area contributed by atoms with Gasteiger partial charge in [-0.3, -0.25) is 14.9 Å². The number of hydrogen-bond donors (Lipinski definition) is 1. The molecule has 1 amide bonds. The van der Waals surface area contributed by atoms with Crippen molar-refractivity contribution in [1.29, 1.82) is 0 Å². The number of halogens is 1. The average Bonchev–Trinajstić information content (AvgIpc) is 3.18. The number of benzene rings is 2. The number of non-ortho nitro benzene ring substituents is 1. The fourth-order valence-electron chi connectivity index (χ4n) is 2.28. The maximum absolute atomic E-state index is 12.2. The summed E-state index contributed by atoms with van der Waals surface area (Å²) in [5.74, 6) is -0.406. The van der Waals surface area contributed by atoms with Crippen LogP contribution in [-0.2, 0) is 0 Å². The van der Waals surface area contributed by atoms with Gasteiger partial charge in [0.15, 0.2) is 0 Å². The van der Waals surface area contributed by atoms with E-state index in [4.69, 9.17) is 11.6 Å². The monoisotopic (exact) mass is 368 g/mol. The summed E-state index contributed by atoms with van der Waals surface area (Å²) in [4.78, 5) is 22.5. The van der Waals surface area contributed by atoms with Crippen LogP contribution in [0.15, 0.2) is 72.1 Å². The number of aromatic nitrogens is 1. The Labute approximate surface area is 153 Å². The van der Waals surface area contributed by atoms with Gasteiger partial charge >= 0.3 is 0 Å². The molecule has 26 heavy (non-hydrogen) atoms. The van der Waals surface area contributed by atoms with E-state index in [2.05, 4.69) is 10.5 Å². The number of hydrazone groups is 1. The lowest BCUT2D eigenvalue weighted by molar-refractivity contribution is -0.384. The molecule has 0 fully saturated rings. The fourth-order valence-corrected chi connectivity index (χ4v) is 2.45. The second-order valence-electron chi connectivity index (χ2n) is 5.30. The van der Waals surface area contributed by atoms with Crippen LogP contribution in [0.4, 0.5) is 5.69 Å². The number of nitrogens with one attached hydrogen (secondary N) is 1. The van der Waals surface area contributed by atoms with Crippen LogP contribution >= 0.6 is 11.6 Å². The number of hydrogen-bond acceptors (Lipinski definition) is 4. The van der Waals surface area contributed by atoms with Crippen LogP contribution < -0.4 is 5.43 Å². The van der Waals surface area contributed by atoms with E-state index in [1.54, 1.807) is 18.2 Å². The first kappa shape index (κ1) is 17.4. The van der Waals surface area contributed by atoms with Gasteiger partial charge in [-0.2, -0.15) is 5.10 Å². The summed E-state index contributed by atoms with van der Waals surface area (Å²) < 4.78 is 1.88. The topological polar surface area (TPSA) is 89.5 Å². The van der Waals surface area contributed by atoms with Crippen LogP contribution in [0.2, 0.25) is 5.02 Å². The molecule has 0 atom stereocenters. The molecule has 3 rings (SSSR count). The second kappa shape index (κ2) is 7.62. The smallest absolute Gasteiger partial charge is 0.271 e. The SMILES string of the molecule is O=C(N/N=C/c1cc([N+](=O)[O-])ccc1Cl)c1cccc(-n2cccc2)c1. The van der Waals surface area contributed by atoms with Crippen molar-refractivity contribution >= 4 is 29.4 Å². The Morgan fingerprint density at radius 2 is 1.92 bits per heavy atom. The van der Waals surface area contributed by atoms with Crippen molar-refractivity contribution in [2.45, 2.75) is 0 Å². The number of carbonyl (C=O) groups excluding carboxylic acids is 1. The summed E-state index contributed by atoms with van der Waals surface area (Å²) in [7, 11) is 0. The zero-order valence-corrected chi connectivity index (χ0v) is 14.1. The molecular formula is C18H13ClN4O3. The van der Waals surface area contributed by atoms with E-state index in [9.17, 15) is 14.9 Å². The van der Waals surface area contributed by atoms with Gasteiger partial charge in [-0.15, -0.1) is 0 Å². The third-order valence-corrected chi connectivity index (χ3v) is 3.92. The molecule has 130 valence electrons. The van der Waals surface area contributed by atoms with Crippen LogP contribution in [0, 0.1) is 10.1 Å². The summed E-state index contributed by atoms with van der Waals surface area (Å²) in [6.45, 7) is 0. The van der Waals surface area contributed by atoms with E-state index >= 15 is 0 Å². The Kier molecular flexibility index (Phi) is 5.09. The molecule has 0 saturated heterocycles. The van der Waals surface area contributed by atoms with Gasteiger partial charge in [0.25, 0.3) is 11.6 Å². The lowest BCUT2D eigenvalue weighted by Gasteiger charge is -2.05. The molecule has 3 aromatic rings. The molecule has 2 aromatic carbocycles. The molecule has 7 nitrogen and oxygen atoms in total. The van der Waals surface area contributed by atoms with E-state index < -0.39 is 10.8 Å². The number of nitro groups is 1. The molecule has 0 spiro atoms. The van der Waals surface area contributed by atoms with E-state index in [0.29, 0.717) is 16.1 Å². The van der Waals surface area contributed by atoms with E-state index in [1.165, 1.54) is 24.4 Å². The molecule has 1 heterocycles. The van der Waals surface area contributed by atoms with Gasteiger partial charge in [0, 0.05) is 46.4 Å². The minimum atomic E-state index is -0.529. The highest BCUT2D eigenvalue weighted by Gasteiger charge is 2.09. The highest BCUT2D eigenvalue weighted by Crippen LogP contribution is 2.20. The summed E-state index contributed by atoms with van der Waals surface area (Å²) in [6, 6.07) is 14.8. The van der Waals surface area contributed by atoms with E-state index in [0.717, 1.165) is 5.69 Å². The number of nitro benzene ring substituents is 1. The number of carbonyl (C=O) groups is 1. The molecule has 0 radical (unpaired) electrons. The van der Waals surface area contributed by atoms with Crippen molar-refractivity contribution < 1.29 is 9.72 Å². The van der Waals surface area contributed by atoms with Crippen molar-refractivity contribution in [3.05, 3.63) is 93.3 Å². The Bertz CT molecular complexity index is 984. The van der Waals surface area contributed by atoms with Crippen molar-refractivity contribution in [3.8, 4) is 5.69 Å². The average molecular weight is 369 g/mol. The maximum atomic E-state index is 12.2. The summed E-state index contributed by atoms with van der Waals surface area (Å²) in [6.07, 6.45) is 5.02. The number of nitrogens with zero attached hydrogens (tertiary/aromatic N) is 3. The van der Waals surface area contributed by atoms with Gasteiger partial charge in [-0.05, 0) is 36.4 Å². The molecule has 1 aromatic heterocycles. The molecule has 8 heteroatoms. The number of amides is 1. The van der Waals surface area contributed by atoms with Gasteiger partial charge in [0.1, 0.15) is 0 Å². The van der Waals surface area contributed by atoms with Gasteiger partial charge < -0.3 is 4.57 Å². The number of rotatable bonds is 5. The minimum absolute atomic E-state index is 0.110. The van der Waals surface area contributed by atoms with Crippen molar-refractivity contribution in [1.82, 2.24) is 9.99 Å². The fraction of sp³-hybridized carbons (Fsp3) is 0. The van der Waals surface area contributed by atoms with Crippen LogP contribution in [0.1, 0.15) is 15.9 Å². The highest BCUT2D eigenvalue weighted by atomic mass is 35.5. The first-order valence-corrected chi connectivity index (χ1v) is 7.93. The van der Waals surface area contributed by atoms with Crippen LogP contribution in [0.25, 0.3) is 5.69 Å². The van der Waals surface area contributed by atoms with Crippen LogP contribution in [0.3, 0.4) is 0 Å². The summed E-state index contributed by atoms with van der Waals surface area (Å²) in [5, 5.41) is 14.9. The minimum Gasteiger partial charge on any atom is -0.324 e. The molecule has 0 aliphatic carbocycles. The third kappa shape index (κ3) is 3.96. The molecule has 0 aliphatic rings. The molecule has 0 unspecified atom stereocenters. The Balaban J connectivity index is 1.73. The van der Waals surface area contributed by atoms with Crippen LogP contribution in [0.5, 0.6) is 0 Å². The first-order chi connectivity index (χ1) is 12.5. The predicted molar refractivity (Wildman–Crippen MR) is 98.9 cm³/mol. The van der Waals surface area contributed by atoms with E-state index in [-0.39, 0.29) is 5.69 Å². The zero-order valence-electron chi connectivity index (χ0n) is 13.4. The summed E-state index contributed by atoms with van der Waals surface area (Å²) in [5.41, 5.74) is 3.88. The van der Waals surface area contributed by atoms with Crippen molar-refractivity contribution in [3.63, 3.8) is 0 Å². The zero-order chi connectivity index (χ0) is 18.5. The van der Waals surface area contributed by atoms with Gasteiger partial charge in [-0.25, -0.2) is 5.43 Å². The van der Waals surface area contributed by atoms with E-state index in [1.807, 2.05) is 35.2 Å². The molecule has 0 saturated carbocycles. The Hall–Kier alpha value is -3.45. The second-order valence-corrected chi connectivity index (χ2v) is 5.71. The van der Waals surface area contributed by atoms with Gasteiger partial charge in [0.2, 0.25) is 0 Å². The predicted octanol–water partition coefficient (Wildman–Crippen LogP) is 3.80. The molecular weight excluding hydrogens is 356 g/mol. The van der Waals surface area contributed by atoms with Crippen molar-refractivity contribution in [2.75, 3.05) is 0 Å². The standard InChI is InChI=1S/C18H13ClN4O3/c19-17-7-6-16(23(25)26)11-14(17)12-20-21-18(24)13-4-3-5-15(10-13)22-8-1-2-9-22/h1-12H,(H,21,24)/b20-12+. The normalized spacial score (nSPS) is 10.8. The van der Waals surface area contributed by atoms with Crippen LogP contribution in [-0.4, -0.2) is 21.6 Å².